The molecule has 1 aromatic heterocycles. The van der Waals surface area contributed by atoms with Crippen molar-refractivity contribution in [2.75, 3.05) is 27.3 Å². The van der Waals surface area contributed by atoms with E-state index in [2.05, 4.69) is 0 Å². The third-order valence-corrected chi connectivity index (χ3v) is 4.17. The maximum absolute atomic E-state index is 12.6. The van der Waals surface area contributed by atoms with Gasteiger partial charge in [-0.2, -0.15) is 0 Å². The predicted molar refractivity (Wildman–Crippen MR) is 102 cm³/mol. The SMILES string of the molecule is COC(=O)C(C)CN(CCc1ccc(OC)cc1)C(=O)/C=C/c1ccco1. The minimum absolute atomic E-state index is 0.185. The molecule has 6 nitrogen and oxygen atoms in total. The number of amides is 1. The summed E-state index contributed by atoms with van der Waals surface area (Å²) in [5.41, 5.74) is 1.08. The zero-order valence-corrected chi connectivity index (χ0v) is 15.9. The lowest BCUT2D eigenvalue weighted by atomic mass is 10.1. The largest absolute Gasteiger partial charge is 0.497 e. The molecule has 27 heavy (non-hydrogen) atoms. The Hall–Kier alpha value is -3.02. The molecule has 0 saturated carbocycles. The zero-order chi connectivity index (χ0) is 19.6. The Morgan fingerprint density at radius 1 is 1.19 bits per heavy atom. The highest BCUT2D eigenvalue weighted by molar-refractivity contribution is 5.91. The highest BCUT2D eigenvalue weighted by Crippen LogP contribution is 2.13. The number of ether oxygens (including phenoxy) is 2. The average Bonchev–Trinajstić information content (AvgIpc) is 3.22. The van der Waals surface area contributed by atoms with Crippen molar-refractivity contribution in [2.45, 2.75) is 13.3 Å². The molecule has 0 N–H and O–H groups in total. The standard InChI is InChI=1S/C21H25NO5/c1-16(21(24)26-3)15-22(20(23)11-10-19-5-4-14-27-19)13-12-17-6-8-18(25-2)9-7-17/h4-11,14,16H,12-13,15H2,1-3H3/b11-10+. The van der Waals surface area contributed by atoms with Gasteiger partial charge >= 0.3 is 5.97 Å². The molecule has 0 aliphatic carbocycles. The van der Waals surface area contributed by atoms with E-state index < -0.39 is 5.92 Å². The second-order valence-electron chi connectivity index (χ2n) is 6.16. The Morgan fingerprint density at radius 2 is 1.93 bits per heavy atom. The molecule has 6 heteroatoms. The normalized spacial score (nSPS) is 12.0. The monoisotopic (exact) mass is 371 g/mol. The molecule has 1 unspecified atom stereocenters. The van der Waals surface area contributed by atoms with E-state index in [-0.39, 0.29) is 18.4 Å². The van der Waals surface area contributed by atoms with Crippen molar-refractivity contribution in [3.05, 3.63) is 60.1 Å². The van der Waals surface area contributed by atoms with Crippen molar-refractivity contribution in [1.29, 1.82) is 0 Å². The van der Waals surface area contributed by atoms with E-state index in [1.165, 1.54) is 13.2 Å². The lowest BCUT2D eigenvalue weighted by Gasteiger charge is -2.24. The van der Waals surface area contributed by atoms with E-state index in [4.69, 9.17) is 13.9 Å². The van der Waals surface area contributed by atoms with E-state index in [1.807, 2.05) is 24.3 Å². The topological polar surface area (TPSA) is 69.0 Å². The number of methoxy groups -OCH3 is 2. The first-order chi connectivity index (χ1) is 13.0. The Morgan fingerprint density at radius 3 is 2.52 bits per heavy atom. The fourth-order valence-electron chi connectivity index (χ4n) is 2.60. The molecule has 1 aromatic carbocycles. The van der Waals surface area contributed by atoms with Crippen LogP contribution in [0.2, 0.25) is 0 Å². The van der Waals surface area contributed by atoms with E-state index in [9.17, 15) is 9.59 Å². The fraction of sp³-hybridized carbons (Fsp3) is 0.333. The van der Waals surface area contributed by atoms with Gasteiger partial charge in [0.1, 0.15) is 11.5 Å². The third kappa shape index (κ3) is 6.33. The first-order valence-corrected chi connectivity index (χ1v) is 8.74. The highest BCUT2D eigenvalue weighted by Gasteiger charge is 2.20. The summed E-state index contributed by atoms with van der Waals surface area (Å²) in [6.45, 7) is 2.51. The van der Waals surface area contributed by atoms with Crippen LogP contribution in [0.4, 0.5) is 0 Å². The molecule has 0 saturated heterocycles. The molecule has 0 radical (unpaired) electrons. The van der Waals surface area contributed by atoms with E-state index in [0.29, 0.717) is 18.7 Å². The molecule has 1 amide bonds. The van der Waals surface area contributed by atoms with Gasteiger partial charge in [0, 0.05) is 19.2 Å². The summed E-state index contributed by atoms with van der Waals surface area (Å²) < 4.78 is 15.1. The Kier molecular flexibility index (Phi) is 7.67. The number of nitrogens with zero attached hydrogens (tertiary/aromatic N) is 1. The molecule has 144 valence electrons. The van der Waals surface area contributed by atoms with Crippen LogP contribution in [0.3, 0.4) is 0 Å². The fourth-order valence-corrected chi connectivity index (χ4v) is 2.60. The minimum Gasteiger partial charge on any atom is -0.497 e. The maximum Gasteiger partial charge on any atom is 0.310 e. The third-order valence-electron chi connectivity index (χ3n) is 4.17. The molecule has 1 atom stereocenters. The van der Waals surface area contributed by atoms with Crippen LogP contribution in [0.15, 0.2) is 53.2 Å². The highest BCUT2D eigenvalue weighted by atomic mass is 16.5. The van der Waals surface area contributed by atoms with Crippen LogP contribution in [0.5, 0.6) is 5.75 Å². The number of benzene rings is 1. The van der Waals surface area contributed by atoms with Crippen molar-refractivity contribution in [3.8, 4) is 5.75 Å². The summed E-state index contributed by atoms with van der Waals surface area (Å²) in [5.74, 6) is 0.446. The van der Waals surface area contributed by atoms with Crippen molar-refractivity contribution in [2.24, 2.45) is 5.92 Å². The van der Waals surface area contributed by atoms with Crippen molar-refractivity contribution in [3.63, 3.8) is 0 Å². The molecule has 2 rings (SSSR count). The minimum atomic E-state index is -0.410. The summed E-state index contributed by atoms with van der Waals surface area (Å²) in [4.78, 5) is 26.0. The van der Waals surface area contributed by atoms with Gasteiger partial charge in [0.2, 0.25) is 5.91 Å². The number of carbonyl (C=O) groups is 2. The summed E-state index contributed by atoms with van der Waals surface area (Å²) in [5, 5.41) is 0. The molecule has 0 fully saturated rings. The summed E-state index contributed by atoms with van der Waals surface area (Å²) in [7, 11) is 2.97. The molecule has 0 aliphatic rings. The van der Waals surface area contributed by atoms with Gasteiger partial charge in [-0.05, 0) is 42.3 Å². The van der Waals surface area contributed by atoms with Crippen LogP contribution in [0, 0.1) is 5.92 Å². The molecular formula is C21H25NO5. The predicted octanol–water partition coefficient (Wildman–Crippen LogP) is 3.18. The van der Waals surface area contributed by atoms with Gasteiger partial charge in [0.25, 0.3) is 0 Å². The van der Waals surface area contributed by atoms with Crippen LogP contribution in [0.25, 0.3) is 6.08 Å². The van der Waals surface area contributed by atoms with Crippen molar-refractivity contribution < 1.29 is 23.5 Å². The molecule has 0 bridgehead atoms. The number of hydrogen-bond donors (Lipinski definition) is 0. The van der Waals surface area contributed by atoms with Gasteiger partial charge in [0.15, 0.2) is 0 Å². The maximum atomic E-state index is 12.6. The Bertz CT molecular complexity index is 749. The number of furan rings is 1. The lowest BCUT2D eigenvalue weighted by molar-refractivity contribution is -0.146. The van der Waals surface area contributed by atoms with Crippen LogP contribution < -0.4 is 4.74 Å². The lowest BCUT2D eigenvalue weighted by Crippen LogP contribution is -2.37. The van der Waals surface area contributed by atoms with Gasteiger partial charge in [-0.1, -0.05) is 19.1 Å². The Balaban J connectivity index is 2.05. The van der Waals surface area contributed by atoms with Crippen LogP contribution >= 0.6 is 0 Å². The Labute approximate surface area is 159 Å². The number of hydrogen-bond acceptors (Lipinski definition) is 5. The van der Waals surface area contributed by atoms with Gasteiger partial charge in [0.05, 0.1) is 26.4 Å². The second-order valence-corrected chi connectivity index (χ2v) is 6.16. The number of rotatable bonds is 9. The van der Waals surface area contributed by atoms with Crippen molar-refractivity contribution >= 4 is 18.0 Å². The van der Waals surface area contributed by atoms with Crippen LogP contribution in [-0.2, 0) is 20.7 Å². The molecule has 0 spiro atoms. The molecule has 0 aliphatic heterocycles. The second kappa shape index (κ2) is 10.2. The van der Waals surface area contributed by atoms with E-state index in [1.54, 1.807) is 43.4 Å². The average molecular weight is 371 g/mol. The first kappa shape index (κ1) is 20.3. The summed E-state index contributed by atoms with van der Waals surface area (Å²) in [6, 6.07) is 11.2. The molecular weight excluding hydrogens is 346 g/mol. The quantitative estimate of drug-likeness (QED) is 0.500. The van der Waals surface area contributed by atoms with Crippen molar-refractivity contribution in [1.82, 2.24) is 4.90 Å². The molecule has 2 aromatic rings. The smallest absolute Gasteiger partial charge is 0.310 e. The van der Waals surface area contributed by atoms with Gasteiger partial charge in [-0.15, -0.1) is 0 Å². The first-order valence-electron chi connectivity index (χ1n) is 8.74. The van der Waals surface area contributed by atoms with Gasteiger partial charge < -0.3 is 18.8 Å². The van der Waals surface area contributed by atoms with E-state index >= 15 is 0 Å². The number of esters is 1. The van der Waals surface area contributed by atoms with E-state index in [0.717, 1.165) is 11.3 Å². The van der Waals surface area contributed by atoms with Crippen LogP contribution in [-0.4, -0.2) is 44.1 Å². The zero-order valence-electron chi connectivity index (χ0n) is 15.9. The van der Waals surface area contributed by atoms with Gasteiger partial charge in [-0.3, -0.25) is 9.59 Å². The summed E-state index contributed by atoms with van der Waals surface area (Å²) in [6.07, 6.45) is 5.28. The van der Waals surface area contributed by atoms with Crippen LogP contribution in [0.1, 0.15) is 18.2 Å². The molecule has 1 heterocycles. The summed E-state index contributed by atoms with van der Waals surface area (Å²) >= 11 is 0. The number of carbonyl (C=O) groups excluding carboxylic acids is 2. The van der Waals surface area contributed by atoms with Gasteiger partial charge in [-0.25, -0.2) is 0 Å².